The Balaban J connectivity index is -0.000000126. The van der Waals surface area contributed by atoms with Crippen LogP contribution in [0, 0.1) is 11.8 Å². The van der Waals surface area contributed by atoms with E-state index in [2.05, 4.69) is 134 Å². The summed E-state index contributed by atoms with van der Waals surface area (Å²) in [6.07, 6.45) is 5.57. The lowest BCUT2D eigenvalue weighted by atomic mass is 9.75. The van der Waals surface area contributed by atoms with Crippen molar-refractivity contribution in [2.75, 3.05) is 167 Å². The van der Waals surface area contributed by atoms with E-state index in [1.165, 1.54) is 64.1 Å². The number of benzene rings is 3. The molecular weight excluding hydrogens is 1390 g/mol. The summed E-state index contributed by atoms with van der Waals surface area (Å²) in [4.78, 5) is 13.4. The highest BCUT2D eigenvalue weighted by atomic mass is 16.3. The first-order valence-corrected chi connectivity index (χ1v) is 40.3. The van der Waals surface area contributed by atoms with Crippen LogP contribution in [0.25, 0.3) is 0 Å². The number of nitrogens with two attached hydrogens (primary N) is 9. The van der Waals surface area contributed by atoms with Gasteiger partial charge in [-0.15, -0.1) is 0 Å². The molecule has 0 fully saturated rings. The van der Waals surface area contributed by atoms with Crippen LogP contribution in [-0.4, -0.2) is 276 Å². The molecule has 0 amide bonds. The number of nitrogens with zero attached hydrogens (tertiary/aromatic N) is 6. The minimum absolute atomic E-state index is 0.0486. The van der Waals surface area contributed by atoms with Crippen molar-refractivity contribution in [2.45, 2.75) is 264 Å². The molecule has 662 valence electrons. The Kier molecular flexibility index (Phi) is 90.0. The summed E-state index contributed by atoms with van der Waals surface area (Å²) in [6.45, 7) is 65.1. The first kappa shape index (κ1) is 127. The van der Waals surface area contributed by atoms with Crippen LogP contribution in [0.4, 0.5) is 0 Å². The molecule has 0 saturated heterocycles. The molecule has 3 rings (SSSR count). The molecule has 0 bridgehead atoms. The van der Waals surface area contributed by atoms with Gasteiger partial charge in [0.15, 0.2) is 0 Å². The average molecular weight is 1580 g/mol. The second-order valence-corrected chi connectivity index (χ2v) is 31.4. The summed E-state index contributed by atoms with van der Waals surface area (Å²) in [6, 6.07) is 22.7. The molecule has 0 saturated carbocycles. The molecule has 0 unspecified atom stereocenters. The Morgan fingerprint density at radius 3 is 0.918 bits per heavy atom. The van der Waals surface area contributed by atoms with Crippen LogP contribution in [-0.2, 0) is 29.7 Å². The van der Waals surface area contributed by atoms with Gasteiger partial charge >= 0.3 is 0 Å². The summed E-state index contributed by atoms with van der Waals surface area (Å²) in [7, 11) is 9.96. The summed E-state index contributed by atoms with van der Waals surface area (Å²) in [5, 5.41) is 85.4. The highest BCUT2D eigenvalue weighted by molar-refractivity contribution is 5.53. The van der Waals surface area contributed by atoms with Gasteiger partial charge in [0.1, 0.15) is 11.5 Å². The zero-order valence-corrected chi connectivity index (χ0v) is 76.6. The maximum atomic E-state index is 10.2. The molecule has 0 aliphatic carbocycles. The third kappa shape index (κ3) is 78.2. The van der Waals surface area contributed by atoms with Crippen LogP contribution >= 0.6 is 0 Å². The van der Waals surface area contributed by atoms with Crippen molar-refractivity contribution in [1.29, 1.82) is 0 Å². The fourth-order valence-electron chi connectivity index (χ4n) is 9.62. The van der Waals surface area contributed by atoms with E-state index in [1.807, 2.05) is 144 Å². The van der Waals surface area contributed by atoms with Crippen LogP contribution in [0.2, 0.25) is 0 Å². The summed E-state index contributed by atoms with van der Waals surface area (Å²) >= 11 is 0. The largest absolute Gasteiger partial charge is 0.508 e. The summed E-state index contributed by atoms with van der Waals surface area (Å²) < 4.78 is 0. The van der Waals surface area contributed by atoms with E-state index in [0.29, 0.717) is 68.0 Å². The van der Waals surface area contributed by atoms with Crippen molar-refractivity contribution >= 4 is 0 Å². The highest BCUT2D eigenvalue weighted by Crippen LogP contribution is 2.40. The van der Waals surface area contributed by atoms with Crippen molar-refractivity contribution in [1.82, 2.24) is 29.4 Å². The lowest BCUT2D eigenvalue weighted by molar-refractivity contribution is 0.113. The predicted octanol–water partition coefficient (Wildman–Crippen LogP) is 8.08. The number of para-hydroxylation sites is 1. The van der Waals surface area contributed by atoms with Crippen molar-refractivity contribution in [3.05, 3.63) is 94.5 Å². The Hall–Kier alpha value is -3.66. The Labute approximate surface area is 677 Å². The van der Waals surface area contributed by atoms with Crippen LogP contribution < -0.4 is 51.6 Å². The van der Waals surface area contributed by atoms with Crippen LogP contribution in [0.5, 0.6) is 11.5 Å². The minimum atomic E-state index is -0.697. The predicted molar refractivity (Wildman–Crippen MR) is 476 cm³/mol. The van der Waals surface area contributed by atoms with Gasteiger partial charge in [-0.3, -0.25) is 4.90 Å². The van der Waals surface area contributed by atoms with Gasteiger partial charge in [-0.25, -0.2) is 0 Å². The first-order valence-electron chi connectivity index (χ1n) is 40.3. The monoisotopic (exact) mass is 1580 g/mol. The molecule has 0 aliphatic rings. The first-order chi connectivity index (χ1) is 50.8. The zero-order valence-electron chi connectivity index (χ0n) is 76.6. The van der Waals surface area contributed by atoms with Gasteiger partial charge in [-0.1, -0.05) is 145 Å². The van der Waals surface area contributed by atoms with Gasteiger partial charge in [0.2, 0.25) is 0 Å². The summed E-state index contributed by atoms with van der Waals surface area (Å²) in [5.74, 6) is 1.20. The van der Waals surface area contributed by atoms with Gasteiger partial charge in [0.05, 0.1) is 52.9 Å². The fourth-order valence-corrected chi connectivity index (χ4v) is 9.62. The van der Waals surface area contributed by atoms with Gasteiger partial charge in [-0.05, 0) is 237 Å². The smallest absolute Gasteiger partial charge is 0.120 e. The van der Waals surface area contributed by atoms with Gasteiger partial charge < -0.3 is 127 Å². The Morgan fingerprint density at radius 2 is 0.727 bits per heavy atom. The number of hydrogen-bond acceptors (Lipinski definition) is 25. The molecular formula is C85H187N15O10. The van der Waals surface area contributed by atoms with Crippen LogP contribution in [0.15, 0.2) is 66.7 Å². The molecule has 0 aromatic heterocycles. The van der Waals surface area contributed by atoms with Crippen molar-refractivity contribution in [2.24, 2.45) is 63.4 Å². The Bertz CT molecular complexity index is 2280. The SMILES string of the molecule is CC(C)(N)CO.CC(C)(N)c1ccc(O)c(C(C)(C)N)c1C(C)(C)N.CC(C)C(N)(CO)C(C)C.CCC(N)(CC)CO.CCCN(CCC)CCC.CCN(C(C)C)C(C)C.CCN(CC)CC.CN(C)Cc1ccccc1.CN(C)Cc1ccccc1O.CN(CCO)CCO.NCCO.NCCO.NCCO. The van der Waals surface area contributed by atoms with Crippen LogP contribution in [0.3, 0.4) is 0 Å². The molecule has 0 radical (unpaired) electrons. The number of phenols is 2. The maximum absolute atomic E-state index is 10.2. The number of phenolic OH excluding ortho intramolecular Hbond substituents is 2. The molecule has 3 aromatic carbocycles. The molecule has 28 N–H and O–H groups in total. The molecule has 0 atom stereocenters. The van der Waals surface area contributed by atoms with E-state index in [4.69, 9.17) is 92.5 Å². The van der Waals surface area contributed by atoms with Crippen molar-refractivity contribution < 1.29 is 51.1 Å². The zero-order chi connectivity index (χ0) is 88.7. The standard InChI is InChI=1S/C15H27N3O.C9H13NO.C9H13N.C9H21N.C8H19NO.C8H19N.C6H15NO.C6H15N.C5H13NO2.C4H11NO.3C2H7NO/c1-13(2,16)9-7-8-10(19)12(15(5,6)18)11(9)14(3,4)17;1-10(2)7-8-5-3-4-6-9(8)11;1-10(2)8-9-6-4-3-5-7-9;1-4-7-10(8-5-2)9-6-3;1-6(2)8(9,5-10)7(3)4;1-6-9(7(2)3)8(4)5;1-3-6(7,4-2)5-8;1-4-7(5-2)6-3;1-6(2-4-7)3-5-8;1-4(2,5)3-6;3*3-1-2-4/h7-8,19H,16-18H2,1-6H3;3-6,11H,7H2,1-2H3;3-7H,8H2,1-2H3;4-9H2,1-3H3;6-7,10H,5,9H2,1-4H3;7-8H,6H2,1-5H3;8H,3-5,7H2,1-2H3;4-6H2,1-3H3;7-8H,2-5H2,1H3;6H,3,5H2,1-2H3;3*4H,1-3H2. The van der Waals surface area contributed by atoms with Gasteiger partial charge in [-0.2, -0.15) is 0 Å². The number of aromatic hydroxyl groups is 2. The molecule has 110 heavy (non-hydrogen) atoms. The lowest BCUT2D eigenvalue weighted by Crippen LogP contribution is -2.53. The molecule has 0 spiro atoms. The lowest BCUT2D eigenvalue weighted by Gasteiger charge is -2.36. The second kappa shape index (κ2) is 77.9. The number of aliphatic hydroxyl groups is 8. The maximum Gasteiger partial charge on any atom is 0.120 e. The van der Waals surface area contributed by atoms with Gasteiger partial charge in [0.25, 0.3) is 0 Å². The third-order valence-electron chi connectivity index (χ3n) is 16.5. The van der Waals surface area contributed by atoms with Gasteiger partial charge in [0, 0.05) is 102 Å². The Morgan fingerprint density at radius 1 is 0.382 bits per heavy atom. The molecule has 0 heterocycles. The van der Waals surface area contributed by atoms with Crippen molar-refractivity contribution in [3.8, 4) is 11.5 Å². The topological polar surface area (TPSA) is 456 Å². The normalized spacial score (nSPS) is 11.3. The van der Waals surface area contributed by atoms with E-state index in [0.717, 1.165) is 49.2 Å². The second-order valence-electron chi connectivity index (χ2n) is 31.4. The number of likely N-dealkylation sites (N-methyl/N-ethyl adjacent to an activating group) is 1. The highest BCUT2D eigenvalue weighted by Gasteiger charge is 2.35. The number of hydrogen-bond donors (Lipinski definition) is 19. The fraction of sp³-hybridized carbons (Fsp3) is 0.788. The van der Waals surface area contributed by atoms with E-state index >= 15 is 0 Å². The quantitative estimate of drug-likeness (QED) is 0.0274. The van der Waals surface area contributed by atoms with E-state index < -0.39 is 27.7 Å². The molecule has 25 nitrogen and oxygen atoms in total. The van der Waals surface area contributed by atoms with E-state index in [1.54, 1.807) is 26.0 Å². The van der Waals surface area contributed by atoms with E-state index in [-0.39, 0.29) is 64.1 Å². The average Bonchev–Trinajstić information content (AvgIpc) is 0.754. The number of aliphatic hydroxyl groups excluding tert-OH is 8. The molecule has 3 aromatic rings. The molecule has 25 heteroatoms. The number of rotatable bonds is 33. The van der Waals surface area contributed by atoms with Crippen molar-refractivity contribution in [3.63, 3.8) is 0 Å². The third-order valence-corrected chi connectivity index (χ3v) is 16.5. The van der Waals surface area contributed by atoms with E-state index in [9.17, 15) is 10.2 Å². The molecule has 0 aliphatic heterocycles. The van der Waals surface area contributed by atoms with Crippen LogP contribution in [0.1, 0.15) is 233 Å². The minimum Gasteiger partial charge on any atom is -0.508 e. The summed E-state index contributed by atoms with van der Waals surface area (Å²) in [5.41, 5.74) is 51.7.